The van der Waals surface area contributed by atoms with Gasteiger partial charge < -0.3 is 0 Å². The number of fused-ring (bicyclic) bond motifs is 4. The molecule has 0 unspecified atom stereocenters. The Bertz CT molecular complexity index is 2180. The van der Waals surface area contributed by atoms with Crippen LogP contribution in [0.4, 0.5) is 26.3 Å². The topological polar surface area (TPSA) is 95.2 Å². The molecule has 4 nitrogen and oxygen atoms in total. The standard InChI is InChI=1S/C38H18F6N4/c1-19-3-5-23(13-31(19)37(39,40)41)21-7-9-27-29(11-21)33(25(15-45)16-46)36-28-10-8-22(12-30(28)34(35(27)36)26(17-47)18-48)24-6-4-20(2)32(14-24)38(42,43)44/h3-14H,1-2H3. The predicted molar refractivity (Wildman–Crippen MR) is 166 cm³/mol. The first-order valence-electron chi connectivity index (χ1n) is 14.2. The second kappa shape index (κ2) is 11.2. The SMILES string of the molecule is Cc1ccc(-c2ccc3c(c2)C(=C(C#N)C#N)C2=C3C(=C(C#N)C#N)c3cc(-c4ccc(C)c(C(F)(F)F)c4)ccc32)cc1C(F)(F)F. The lowest BCUT2D eigenvalue weighted by atomic mass is 9.86. The van der Waals surface area contributed by atoms with Crippen LogP contribution in [0.15, 0.2) is 83.9 Å². The molecule has 0 heterocycles. The van der Waals surface area contributed by atoms with Crippen molar-refractivity contribution >= 4 is 22.3 Å². The van der Waals surface area contributed by atoms with Crippen molar-refractivity contribution in [1.29, 1.82) is 21.0 Å². The smallest absolute Gasteiger partial charge is 0.192 e. The highest BCUT2D eigenvalue weighted by atomic mass is 19.4. The van der Waals surface area contributed by atoms with E-state index in [9.17, 15) is 47.4 Å². The van der Waals surface area contributed by atoms with Gasteiger partial charge in [0.25, 0.3) is 0 Å². The molecule has 48 heavy (non-hydrogen) atoms. The van der Waals surface area contributed by atoms with Gasteiger partial charge in [0, 0.05) is 22.3 Å². The highest BCUT2D eigenvalue weighted by molar-refractivity contribution is 6.38. The lowest BCUT2D eigenvalue weighted by Crippen LogP contribution is -2.07. The van der Waals surface area contributed by atoms with Crippen LogP contribution < -0.4 is 0 Å². The third kappa shape index (κ3) is 4.92. The van der Waals surface area contributed by atoms with Gasteiger partial charge in [0.15, 0.2) is 0 Å². The summed E-state index contributed by atoms with van der Waals surface area (Å²) >= 11 is 0. The van der Waals surface area contributed by atoms with E-state index in [-0.39, 0.29) is 44.5 Å². The van der Waals surface area contributed by atoms with Gasteiger partial charge in [-0.25, -0.2) is 0 Å². The Labute approximate surface area is 270 Å². The van der Waals surface area contributed by atoms with Gasteiger partial charge in [-0.2, -0.15) is 47.4 Å². The van der Waals surface area contributed by atoms with Crippen molar-refractivity contribution in [3.63, 3.8) is 0 Å². The van der Waals surface area contributed by atoms with Crippen LogP contribution in [0.25, 0.3) is 44.5 Å². The highest BCUT2D eigenvalue weighted by Crippen LogP contribution is 2.60. The van der Waals surface area contributed by atoms with Crippen LogP contribution in [0.2, 0.25) is 0 Å². The monoisotopic (exact) mass is 644 g/mol. The van der Waals surface area contributed by atoms with E-state index in [0.717, 1.165) is 12.1 Å². The minimum absolute atomic E-state index is 0.0384. The summed E-state index contributed by atoms with van der Waals surface area (Å²) in [7, 11) is 0. The van der Waals surface area contributed by atoms with Crippen LogP contribution in [0.5, 0.6) is 0 Å². The number of rotatable bonds is 2. The average Bonchev–Trinajstić information content (AvgIpc) is 3.54. The molecule has 0 spiro atoms. The van der Waals surface area contributed by atoms with Gasteiger partial charge in [0.05, 0.1) is 11.1 Å². The summed E-state index contributed by atoms with van der Waals surface area (Å²) < 4.78 is 82.4. The number of benzene rings is 4. The fourth-order valence-electron chi connectivity index (χ4n) is 6.36. The van der Waals surface area contributed by atoms with Crippen LogP contribution in [0.1, 0.15) is 44.5 Å². The molecule has 4 aromatic rings. The maximum atomic E-state index is 13.7. The molecule has 0 bridgehead atoms. The van der Waals surface area contributed by atoms with Crippen LogP contribution >= 0.6 is 0 Å². The van der Waals surface area contributed by atoms with E-state index in [1.165, 1.54) is 38.1 Å². The molecule has 0 amide bonds. The molecule has 0 saturated heterocycles. The quantitative estimate of drug-likeness (QED) is 0.160. The average molecular weight is 645 g/mol. The minimum Gasteiger partial charge on any atom is -0.192 e. The number of halogens is 6. The molecule has 2 aliphatic carbocycles. The van der Waals surface area contributed by atoms with Gasteiger partial charge in [0.2, 0.25) is 0 Å². The summed E-state index contributed by atoms with van der Waals surface area (Å²) in [4.78, 5) is 0. The number of hydrogen-bond donors (Lipinski definition) is 0. The van der Waals surface area contributed by atoms with Crippen molar-refractivity contribution in [3.05, 3.63) is 128 Å². The van der Waals surface area contributed by atoms with Gasteiger partial charge >= 0.3 is 12.4 Å². The molecular formula is C38H18F6N4. The molecule has 0 radical (unpaired) electrons. The Morgan fingerprint density at radius 1 is 0.458 bits per heavy atom. The fourth-order valence-corrected chi connectivity index (χ4v) is 6.36. The van der Waals surface area contributed by atoms with Crippen molar-refractivity contribution in [2.75, 3.05) is 0 Å². The first-order valence-corrected chi connectivity index (χ1v) is 14.2. The van der Waals surface area contributed by atoms with Crippen LogP contribution in [-0.2, 0) is 12.4 Å². The lowest BCUT2D eigenvalue weighted by molar-refractivity contribution is -0.138. The van der Waals surface area contributed by atoms with Crippen molar-refractivity contribution in [2.45, 2.75) is 26.2 Å². The summed E-state index contributed by atoms with van der Waals surface area (Å²) in [6.07, 6.45) is -9.20. The number of aryl methyl sites for hydroxylation is 2. The van der Waals surface area contributed by atoms with Crippen LogP contribution in [0, 0.1) is 59.2 Å². The zero-order valence-electron chi connectivity index (χ0n) is 25.0. The summed E-state index contributed by atoms with van der Waals surface area (Å²) in [5.74, 6) is 0. The molecule has 0 fully saturated rings. The van der Waals surface area contributed by atoms with E-state index >= 15 is 0 Å². The summed E-state index contributed by atoms with van der Waals surface area (Å²) in [5, 5.41) is 40.0. The van der Waals surface area contributed by atoms with Gasteiger partial charge in [0.1, 0.15) is 35.4 Å². The van der Waals surface area contributed by atoms with E-state index in [1.54, 1.807) is 36.4 Å². The van der Waals surface area contributed by atoms with Crippen molar-refractivity contribution in [2.24, 2.45) is 0 Å². The lowest BCUT2D eigenvalue weighted by Gasteiger charge is -2.16. The van der Waals surface area contributed by atoms with Gasteiger partial charge in [-0.05, 0) is 93.7 Å². The molecule has 0 N–H and O–H groups in total. The van der Waals surface area contributed by atoms with Gasteiger partial charge in [-0.15, -0.1) is 0 Å². The maximum absolute atomic E-state index is 13.7. The zero-order chi connectivity index (χ0) is 34.7. The van der Waals surface area contributed by atoms with E-state index in [1.807, 2.05) is 24.3 Å². The summed E-state index contributed by atoms with van der Waals surface area (Å²) in [6.45, 7) is 2.70. The minimum atomic E-state index is -4.60. The van der Waals surface area contributed by atoms with Crippen molar-refractivity contribution in [3.8, 4) is 46.5 Å². The highest BCUT2D eigenvalue weighted by Gasteiger charge is 2.40. The Morgan fingerprint density at radius 2 is 0.771 bits per heavy atom. The second-order valence-corrected chi connectivity index (χ2v) is 11.3. The summed E-state index contributed by atoms with van der Waals surface area (Å²) in [5.41, 5.74) is 1.67. The number of nitrogens with zero attached hydrogens (tertiary/aromatic N) is 4. The van der Waals surface area contributed by atoms with Crippen molar-refractivity contribution in [1.82, 2.24) is 0 Å². The van der Waals surface area contributed by atoms with E-state index in [4.69, 9.17) is 0 Å². The zero-order valence-corrected chi connectivity index (χ0v) is 25.0. The molecule has 2 aliphatic rings. The fraction of sp³-hybridized carbons (Fsp3) is 0.105. The predicted octanol–water partition coefficient (Wildman–Crippen LogP) is 10.2. The molecule has 4 aromatic carbocycles. The van der Waals surface area contributed by atoms with Crippen LogP contribution in [0.3, 0.4) is 0 Å². The third-order valence-corrected chi connectivity index (χ3v) is 8.57. The number of hydrogen-bond acceptors (Lipinski definition) is 4. The Kier molecular flexibility index (Phi) is 7.35. The van der Waals surface area contributed by atoms with Crippen molar-refractivity contribution < 1.29 is 26.3 Å². The number of nitriles is 4. The molecular weight excluding hydrogens is 626 g/mol. The first-order chi connectivity index (χ1) is 22.7. The first kappa shape index (κ1) is 31.6. The van der Waals surface area contributed by atoms with E-state index in [2.05, 4.69) is 0 Å². The number of alkyl halides is 6. The Balaban J connectivity index is 1.60. The molecule has 0 aromatic heterocycles. The maximum Gasteiger partial charge on any atom is 0.416 e. The van der Waals surface area contributed by atoms with E-state index < -0.39 is 23.5 Å². The largest absolute Gasteiger partial charge is 0.416 e. The summed E-state index contributed by atoms with van der Waals surface area (Å²) in [6, 6.07) is 24.8. The molecule has 0 saturated carbocycles. The molecule has 0 atom stereocenters. The van der Waals surface area contributed by atoms with Crippen LogP contribution in [-0.4, -0.2) is 0 Å². The Morgan fingerprint density at radius 3 is 1.08 bits per heavy atom. The molecule has 6 rings (SSSR count). The normalized spacial score (nSPS) is 13.2. The third-order valence-electron chi connectivity index (χ3n) is 8.57. The van der Waals surface area contributed by atoms with Gasteiger partial charge in [-0.1, -0.05) is 48.5 Å². The molecule has 10 heteroatoms. The molecule has 0 aliphatic heterocycles. The van der Waals surface area contributed by atoms with E-state index in [0.29, 0.717) is 44.5 Å². The van der Waals surface area contributed by atoms with Gasteiger partial charge in [-0.3, -0.25) is 0 Å². The Hall–Kier alpha value is -6.36. The second-order valence-electron chi connectivity index (χ2n) is 11.3. The number of allylic oxidation sites excluding steroid dienone is 6. The molecule has 232 valence electrons.